The molecule has 1 fully saturated rings. The number of urea groups is 1. The van der Waals surface area contributed by atoms with Gasteiger partial charge in [-0.3, -0.25) is 4.99 Å². The molecule has 0 aliphatic carbocycles. The van der Waals surface area contributed by atoms with Crippen molar-refractivity contribution in [1.82, 2.24) is 9.80 Å². The van der Waals surface area contributed by atoms with Crippen molar-refractivity contribution >= 4 is 40.5 Å². The number of carbonyl (C=O) groups excluding carboxylic acids is 1. The van der Waals surface area contributed by atoms with E-state index in [0.717, 1.165) is 0 Å². The van der Waals surface area contributed by atoms with E-state index in [1.165, 1.54) is 28.0 Å². The molecular formula is C22H23ClF3N5O. The Morgan fingerprint density at radius 2 is 2.00 bits per heavy atom. The molecule has 2 aliphatic heterocycles. The Hall–Kier alpha value is -2.94. The summed E-state index contributed by atoms with van der Waals surface area (Å²) in [5.74, 6) is -0.101. The van der Waals surface area contributed by atoms with Crippen LogP contribution in [-0.4, -0.2) is 67.9 Å². The minimum atomic E-state index is -2.62. The van der Waals surface area contributed by atoms with Gasteiger partial charge in [0.25, 0.3) is 6.43 Å². The van der Waals surface area contributed by atoms with Crippen LogP contribution in [0, 0.1) is 5.82 Å². The van der Waals surface area contributed by atoms with E-state index in [4.69, 9.17) is 16.6 Å². The van der Waals surface area contributed by atoms with Crippen molar-refractivity contribution < 1.29 is 18.0 Å². The lowest BCUT2D eigenvalue weighted by atomic mass is 10.1. The van der Waals surface area contributed by atoms with Gasteiger partial charge < -0.3 is 20.0 Å². The number of nitrogens with one attached hydrogen (secondary N) is 1. The first-order valence-corrected chi connectivity index (χ1v) is 10.6. The molecule has 2 aromatic carbocycles. The molecule has 170 valence electrons. The fraction of sp³-hybridized carbons (Fsp3) is 0.364. The van der Waals surface area contributed by atoms with Crippen LogP contribution < -0.4 is 10.2 Å². The molecule has 6 nitrogen and oxygen atoms in total. The Morgan fingerprint density at radius 3 is 2.72 bits per heavy atom. The molecule has 0 bridgehead atoms. The number of benzene rings is 2. The van der Waals surface area contributed by atoms with Gasteiger partial charge in [-0.1, -0.05) is 11.6 Å². The van der Waals surface area contributed by atoms with Crippen LogP contribution in [0.15, 0.2) is 41.4 Å². The number of nitrogens with zero attached hydrogens (tertiary/aromatic N) is 4. The van der Waals surface area contributed by atoms with E-state index in [9.17, 15) is 18.0 Å². The fourth-order valence-electron chi connectivity index (χ4n) is 4.02. The highest BCUT2D eigenvalue weighted by molar-refractivity contribution is 6.31. The molecule has 1 N–H and O–H groups in total. The van der Waals surface area contributed by atoms with E-state index in [0.29, 0.717) is 53.0 Å². The number of hydrogen-bond acceptors (Lipinski definition) is 3. The Bertz CT molecular complexity index is 1060. The average molecular weight is 466 g/mol. The van der Waals surface area contributed by atoms with E-state index in [1.54, 1.807) is 37.2 Å². The molecule has 1 atom stereocenters. The van der Waals surface area contributed by atoms with Gasteiger partial charge in [0.05, 0.1) is 29.6 Å². The highest BCUT2D eigenvalue weighted by Crippen LogP contribution is 2.40. The number of halogens is 4. The predicted octanol–water partition coefficient (Wildman–Crippen LogP) is 4.81. The number of amides is 2. The van der Waals surface area contributed by atoms with Crippen LogP contribution in [0.3, 0.4) is 0 Å². The number of aliphatic imine (C=N–C) groups is 1. The quantitative estimate of drug-likeness (QED) is 0.707. The van der Waals surface area contributed by atoms with E-state index < -0.39 is 18.8 Å². The fourth-order valence-corrected chi connectivity index (χ4v) is 4.20. The highest BCUT2D eigenvalue weighted by atomic mass is 35.5. The van der Waals surface area contributed by atoms with Crippen molar-refractivity contribution in [2.45, 2.75) is 18.9 Å². The van der Waals surface area contributed by atoms with Crippen LogP contribution in [0.1, 0.15) is 12.0 Å². The topological polar surface area (TPSA) is 51.2 Å². The first-order valence-electron chi connectivity index (χ1n) is 10.2. The lowest BCUT2D eigenvalue weighted by molar-refractivity contribution is 0.158. The van der Waals surface area contributed by atoms with E-state index >= 15 is 0 Å². The molecule has 2 amide bonds. The van der Waals surface area contributed by atoms with Gasteiger partial charge in [0, 0.05) is 37.8 Å². The summed E-state index contributed by atoms with van der Waals surface area (Å²) < 4.78 is 41.0. The molecule has 32 heavy (non-hydrogen) atoms. The summed E-state index contributed by atoms with van der Waals surface area (Å²) in [6.45, 7) is 0.412. The number of anilines is 3. The standard InChI is InChI=1S/C22H23ClF3N5O/c1-29(2)22(32)30-8-7-15(11-30)27-21-16-9-13(23)3-5-18(16)31(12-20(25)26)19-6-4-14(24)10-17(19)28-21/h3-6,9-10,15,20H,7-8,11-12H2,1-2H3,(H,27,28). The number of carbonyl (C=O) groups is 1. The van der Waals surface area contributed by atoms with Gasteiger partial charge in [0.1, 0.15) is 11.7 Å². The maximum Gasteiger partial charge on any atom is 0.319 e. The molecule has 0 spiro atoms. The van der Waals surface area contributed by atoms with Gasteiger partial charge >= 0.3 is 6.03 Å². The second-order valence-electron chi connectivity index (χ2n) is 7.99. The second kappa shape index (κ2) is 8.90. The van der Waals surface area contributed by atoms with Crippen molar-refractivity contribution in [3.8, 4) is 0 Å². The molecule has 4 rings (SSSR count). The van der Waals surface area contributed by atoms with Crippen LogP contribution in [0.2, 0.25) is 5.02 Å². The van der Waals surface area contributed by atoms with Crippen LogP contribution >= 0.6 is 11.6 Å². The van der Waals surface area contributed by atoms with Gasteiger partial charge in [-0.05, 0) is 42.8 Å². The lowest BCUT2D eigenvalue weighted by Gasteiger charge is -2.25. The lowest BCUT2D eigenvalue weighted by Crippen LogP contribution is -2.38. The molecule has 2 aliphatic rings. The first kappa shape index (κ1) is 22.3. The van der Waals surface area contributed by atoms with E-state index in [1.807, 2.05) is 0 Å². The number of alkyl halides is 2. The third kappa shape index (κ3) is 4.48. The number of hydrogen-bond donors (Lipinski definition) is 1. The molecule has 0 radical (unpaired) electrons. The van der Waals surface area contributed by atoms with Crippen molar-refractivity contribution in [2.24, 2.45) is 4.99 Å². The van der Waals surface area contributed by atoms with Gasteiger partial charge in [0.15, 0.2) is 0 Å². The molecule has 2 aromatic rings. The van der Waals surface area contributed by atoms with Gasteiger partial charge in [-0.2, -0.15) is 0 Å². The first-order chi connectivity index (χ1) is 15.2. The summed E-state index contributed by atoms with van der Waals surface area (Å²) in [6, 6.07) is 8.60. The average Bonchev–Trinajstić information content (AvgIpc) is 3.15. The molecule has 10 heteroatoms. The summed E-state index contributed by atoms with van der Waals surface area (Å²) in [5, 5.41) is 3.55. The highest BCUT2D eigenvalue weighted by Gasteiger charge is 2.30. The third-order valence-electron chi connectivity index (χ3n) is 5.46. The number of likely N-dealkylation sites (tertiary alicyclic amines) is 1. The van der Waals surface area contributed by atoms with E-state index in [-0.39, 0.29) is 12.1 Å². The zero-order chi connectivity index (χ0) is 23.0. The SMILES string of the molecule is CN(C)C(=O)N1CCC(N=C2Nc3cc(F)ccc3N(CC(F)F)c3ccc(Cl)cc32)C1. The van der Waals surface area contributed by atoms with Crippen LogP contribution in [0.5, 0.6) is 0 Å². The summed E-state index contributed by atoms with van der Waals surface area (Å²) in [6.07, 6.45) is -1.97. The van der Waals surface area contributed by atoms with Gasteiger partial charge in [-0.15, -0.1) is 0 Å². The maximum absolute atomic E-state index is 14.0. The third-order valence-corrected chi connectivity index (χ3v) is 5.69. The second-order valence-corrected chi connectivity index (χ2v) is 8.43. The molecule has 0 saturated carbocycles. The summed E-state index contributed by atoms with van der Waals surface area (Å²) in [5.41, 5.74) is 1.77. The minimum Gasteiger partial charge on any atom is -0.338 e. The Labute approximate surface area is 189 Å². The van der Waals surface area contributed by atoms with Gasteiger partial charge in [-0.25, -0.2) is 18.0 Å². The molecule has 1 unspecified atom stereocenters. The number of rotatable bonds is 3. The van der Waals surface area contributed by atoms with Crippen molar-refractivity contribution in [3.63, 3.8) is 0 Å². The predicted molar refractivity (Wildman–Crippen MR) is 120 cm³/mol. The van der Waals surface area contributed by atoms with Crippen LogP contribution in [-0.2, 0) is 0 Å². The smallest absolute Gasteiger partial charge is 0.319 e. The zero-order valence-corrected chi connectivity index (χ0v) is 18.4. The molecular weight excluding hydrogens is 443 g/mol. The number of amidine groups is 1. The number of fused-ring (bicyclic) bond motifs is 2. The summed E-state index contributed by atoms with van der Waals surface area (Å²) in [7, 11) is 3.38. The van der Waals surface area contributed by atoms with Crippen molar-refractivity contribution in [1.29, 1.82) is 0 Å². The van der Waals surface area contributed by atoms with Gasteiger partial charge in [0.2, 0.25) is 0 Å². The normalized spacial score (nSPS) is 19.0. The molecule has 1 saturated heterocycles. The Morgan fingerprint density at radius 1 is 1.25 bits per heavy atom. The molecule has 0 aromatic heterocycles. The van der Waals surface area contributed by atoms with Crippen molar-refractivity contribution in [3.05, 3.63) is 52.8 Å². The Balaban J connectivity index is 1.78. The zero-order valence-electron chi connectivity index (χ0n) is 17.7. The van der Waals surface area contributed by atoms with E-state index in [2.05, 4.69) is 5.32 Å². The summed E-state index contributed by atoms with van der Waals surface area (Å²) >= 11 is 6.23. The Kier molecular flexibility index (Phi) is 6.19. The van der Waals surface area contributed by atoms with Crippen LogP contribution in [0.25, 0.3) is 0 Å². The summed E-state index contributed by atoms with van der Waals surface area (Å²) in [4.78, 5) is 21.7. The minimum absolute atomic E-state index is 0.0968. The molecule has 2 heterocycles. The monoisotopic (exact) mass is 465 g/mol. The maximum atomic E-state index is 14.0. The van der Waals surface area contributed by atoms with Crippen molar-refractivity contribution in [2.75, 3.05) is 43.9 Å². The van der Waals surface area contributed by atoms with Crippen LogP contribution in [0.4, 0.5) is 35.0 Å². The largest absolute Gasteiger partial charge is 0.338 e.